The first kappa shape index (κ1) is 35.2. The largest absolute Gasteiger partial charge is 0.479 e. The van der Waals surface area contributed by atoms with Crippen LogP contribution in [0.2, 0.25) is 0 Å². The summed E-state index contributed by atoms with van der Waals surface area (Å²) in [7, 11) is -4.14. The van der Waals surface area contributed by atoms with Gasteiger partial charge >= 0.3 is 18.0 Å². The first-order valence-corrected chi connectivity index (χ1v) is 18.2. The standard InChI is InChI=1S/C33H36N4O11S2/c1-31(2)24(28(41)48-17-33(29(42)43)32(3,4)50(45,46)21-15-20(38)37(21)33)36-26(40)23(27(36)49-31)34-25(39)22(19-13-9-6-10-14-19)35-30(44)47-16-18-11-7-5-8-12-18/h5-14,21-24,27H,15-17H2,1-4H3,(H,34,39)(H,35,44)(H,42,43)/t21-,22?,23-,24+,27-,33+/m1/s1. The molecule has 4 aliphatic heterocycles. The minimum absolute atomic E-state index is 0.0348. The van der Waals surface area contributed by atoms with Crippen LogP contribution in [0, 0.1) is 0 Å². The molecule has 50 heavy (non-hydrogen) atoms. The molecule has 6 rings (SSSR count). The maximum Gasteiger partial charge on any atom is 0.408 e. The van der Waals surface area contributed by atoms with Gasteiger partial charge in [-0.25, -0.2) is 22.8 Å². The first-order valence-electron chi connectivity index (χ1n) is 15.7. The molecule has 266 valence electrons. The summed E-state index contributed by atoms with van der Waals surface area (Å²) in [4.78, 5) is 80.8. The van der Waals surface area contributed by atoms with Gasteiger partial charge in [-0.15, -0.1) is 11.8 Å². The molecular weight excluding hydrogens is 693 g/mol. The summed E-state index contributed by atoms with van der Waals surface area (Å²) in [6.45, 7) is 4.74. The summed E-state index contributed by atoms with van der Waals surface area (Å²) in [6, 6.07) is 13.8. The molecule has 0 bridgehead atoms. The van der Waals surface area contributed by atoms with Crippen LogP contribution < -0.4 is 10.6 Å². The fraction of sp³-hybridized carbons (Fsp3) is 0.455. The predicted molar refractivity (Wildman–Crippen MR) is 177 cm³/mol. The van der Waals surface area contributed by atoms with Crippen molar-refractivity contribution >= 4 is 57.4 Å². The smallest absolute Gasteiger partial charge is 0.408 e. The number of amides is 4. The number of carboxylic acid groups (broad SMARTS) is 1. The second-order valence-corrected chi connectivity index (χ2v) is 18.0. The monoisotopic (exact) mass is 728 g/mol. The van der Waals surface area contributed by atoms with E-state index < -0.39 is 96.1 Å². The Morgan fingerprint density at radius 3 is 2.20 bits per heavy atom. The lowest BCUT2D eigenvalue weighted by Crippen LogP contribution is -2.72. The van der Waals surface area contributed by atoms with Gasteiger partial charge in [0.05, 0.1) is 6.42 Å². The lowest BCUT2D eigenvalue weighted by Gasteiger charge is -2.46. The SMILES string of the molecule is CC1(C)S[C@@H]2[C@H](NC(=O)C(NC(=O)OCc3ccccc3)c3ccccc3)C(=O)N2[C@H]1C(=O)OC[C@@]1(C(=O)O)N2C(=O)C[C@H]2S(=O)(=O)C1(C)C. The molecule has 2 aromatic carbocycles. The van der Waals surface area contributed by atoms with Crippen LogP contribution in [0.1, 0.15) is 51.3 Å². The van der Waals surface area contributed by atoms with E-state index in [2.05, 4.69) is 10.6 Å². The van der Waals surface area contributed by atoms with Gasteiger partial charge in [-0.05, 0) is 38.8 Å². The predicted octanol–water partition coefficient (Wildman–Crippen LogP) is 1.33. The average Bonchev–Trinajstić information content (AvgIpc) is 3.38. The van der Waals surface area contributed by atoms with E-state index >= 15 is 0 Å². The highest BCUT2D eigenvalue weighted by Crippen LogP contribution is 2.54. The van der Waals surface area contributed by atoms with Crippen molar-refractivity contribution < 1.29 is 51.8 Å². The maximum atomic E-state index is 13.7. The van der Waals surface area contributed by atoms with E-state index in [4.69, 9.17) is 9.47 Å². The van der Waals surface area contributed by atoms with E-state index in [9.17, 15) is 42.3 Å². The van der Waals surface area contributed by atoms with Gasteiger partial charge in [0, 0.05) is 4.75 Å². The summed E-state index contributed by atoms with van der Waals surface area (Å²) >= 11 is 1.21. The van der Waals surface area contributed by atoms with Gasteiger partial charge in [0.1, 0.15) is 46.8 Å². The van der Waals surface area contributed by atoms with E-state index in [-0.39, 0.29) is 13.0 Å². The number of alkyl carbamates (subject to hydrolysis) is 1. The second-order valence-electron chi connectivity index (χ2n) is 13.5. The van der Waals surface area contributed by atoms with Crippen molar-refractivity contribution in [2.24, 2.45) is 0 Å². The van der Waals surface area contributed by atoms with E-state index in [1.54, 1.807) is 68.4 Å². The molecule has 1 unspecified atom stereocenters. The van der Waals surface area contributed by atoms with Crippen molar-refractivity contribution in [1.29, 1.82) is 0 Å². The van der Waals surface area contributed by atoms with Crippen molar-refractivity contribution in [3.8, 4) is 0 Å². The zero-order valence-electron chi connectivity index (χ0n) is 27.5. The number of carboxylic acids is 1. The van der Waals surface area contributed by atoms with Crippen molar-refractivity contribution in [1.82, 2.24) is 20.4 Å². The normalized spacial score (nSPS) is 28.6. The number of fused-ring (bicyclic) bond motifs is 2. The third-order valence-electron chi connectivity index (χ3n) is 9.99. The van der Waals surface area contributed by atoms with E-state index in [0.29, 0.717) is 5.56 Å². The number of β-lactam (4-membered cyclic amide) rings is 2. The molecule has 15 nitrogen and oxygen atoms in total. The highest BCUT2D eigenvalue weighted by Gasteiger charge is 2.77. The Morgan fingerprint density at radius 1 is 0.980 bits per heavy atom. The first-order chi connectivity index (χ1) is 23.5. The summed E-state index contributed by atoms with van der Waals surface area (Å²) < 4.78 is 34.2. The number of nitrogens with zero attached hydrogens (tertiary/aromatic N) is 2. The Balaban J connectivity index is 1.15. The third kappa shape index (κ3) is 5.28. The molecule has 0 spiro atoms. The minimum Gasteiger partial charge on any atom is -0.479 e. The number of nitrogens with one attached hydrogen (secondary N) is 2. The van der Waals surface area contributed by atoms with Gasteiger partial charge < -0.3 is 35.0 Å². The molecule has 6 atom stereocenters. The number of hydrogen-bond donors (Lipinski definition) is 3. The molecule has 0 radical (unpaired) electrons. The van der Waals surface area contributed by atoms with E-state index in [1.807, 2.05) is 6.07 Å². The summed E-state index contributed by atoms with van der Waals surface area (Å²) in [6.07, 6.45) is -1.23. The highest BCUT2D eigenvalue weighted by molar-refractivity contribution is 8.01. The number of carbonyl (C=O) groups is 6. The van der Waals surface area contributed by atoms with Crippen molar-refractivity contribution in [3.05, 3.63) is 71.8 Å². The molecule has 2 aromatic rings. The minimum atomic E-state index is -4.14. The quantitative estimate of drug-likeness (QED) is 0.234. The lowest BCUT2D eigenvalue weighted by atomic mass is 9.82. The maximum absolute atomic E-state index is 13.7. The zero-order chi connectivity index (χ0) is 36.4. The number of rotatable bonds is 10. The van der Waals surface area contributed by atoms with Crippen molar-refractivity contribution in [2.45, 2.75) is 84.6 Å². The fourth-order valence-corrected chi connectivity index (χ4v) is 11.0. The molecule has 4 fully saturated rings. The Labute approximate surface area is 291 Å². The van der Waals surface area contributed by atoms with E-state index in [0.717, 1.165) is 10.5 Å². The highest BCUT2D eigenvalue weighted by atomic mass is 32.2. The Hall–Kier alpha value is -4.64. The van der Waals surface area contributed by atoms with Crippen LogP contribution in [0.3, 0.4) is 0 Å². The third-order valence-corrected chi connectivity index (χ3v) is 14.4. The van der Waals surface area contributed by atoms with Gasteiger partial charge in [-0.1, -0.05) is 60.7 Å². The van der Waals surface area contributed by atoms with Crippen LogP contribution in [0.15, 0.2) is 60.7 Å². The van der Waals surface area contributed by atoms with Crippen LogP contribution in [0.5, 0.6) is 0 Å². The van der Waals surface area contributed by atoms with Crippen LogP contribution in [0.4, 0.5) is 4.79 Å². The molecule has 4 saturated heterocycles. The topological polar surface area (TPSA) is 206 Å². The number of benzene rings is 2. The van der Waals surface area contributed by atoms with Crippen molar-refractivity contribution in [2.75, 3.05) is 6.61 Å². The molecule has 0 saturated carbocycles. The number of aliphatic carboxylic acids is 1. The molecule has 0 aromatic heterocycles. The molecule has 0 aliphatic carbocycles. The van der Waals surface area contributed by atoms with Crippen molar-refractivity contribution in [3.63, 3.8) is 0 Å². The molecular formula is C33H36N4O11S2. The number of thioether (sulfide) groups is 1. The van der Waals surface area contributed by atoms with Crippen LogP contribution in [-0.2, 0) is 49.9 Å². The summed E-state index contributed by atoms with van der Waals surface area (Å²) in [5, 5.41) is 13.5. The number of carbonyl (C=O) groups excluding carboxylic acids is 5. The number of esters is 1. The van der Waals surface area contributed by atoms with Gasteiger partial charge in [-0.3, -0.25) is 14.4 Å². The van der Waals surface area contributed by atoms with E-state index in [1.165, 1.54) is 30.5 Å². The van der Waals surface area contributed by atoms with Crippen LogP contribution in [0.25, 0.3) is 0 Å². The van der Waals surface area contributed by atoms with Gasteiger partial charge in [-0.2, -0.15) is 0 Å². The fourth-order valence-electron chi connectivity index (χ4n) is 7.07. The molecule has 4 amide bonds. The van der Waals surface area contributed by atoms with Gasteiger partial charge in [0.25, 0.3) is 0 Å². The second kappa shape index (κ2) is 12.3. The van der Waals surface area contributed by atoms with Crippen LogP contribution in [-0.4, -0.2) is 104 Å². The molecule has 17 heteroatoms. The average molecular weight is 729 g/mol. The number of sulfone groups is 1. The molecule has 3 N–H and O–H groups in total. The Morgan fingerprint density at radius 2 is 1.60 bits per heavy atom. The number of ether oxygens (including phenoxy) is 2. The Kier molecular flexibility index (Phi) is 8.65. The zero-order valence-corrected chi connectivity index (χ0v) is 29.2. The number of hydrogen-bond acceptors (Lipinski definition) is 11. The molecule has 4 heterocycles. The van der Waals surface area contributed by atoms with Crippen LogP contribution >= 0.6 is 11.8 Å². The van der Waals surface area contributed by atoms with Gasteiger partial charge in [0.2, 0.25) is 17.7 Å². The summed E-state index contributed by atoms with van der Waals surface area (Å²) in [5.41, 5.74) is -1.21. The summed E-state index contributed by atoms with van der Waals surface area (Å²) in [5.74, 6) is -4.63. The Bertz CT molecular complexity index is 1870. The molecule has 4 aliphatic rings. The van der Waals surface area contributed by atoms with Gasteiger partial charge in [0.15, 0.2) is 15.4 Å². The lowest BCUT2D eigenvalue weighted by molar-refractivity contribution is -0.180.